The van der Waals surface area contributed by atoms with Gasteiger partial charge in [0.05, 0.1) is 41.1 Å². The fourth-order valence-corrected chi connectivity index (χ4v) is 8.50. The largest absolute Gasteiger partial charge is 0.377 e. The molecule has 5 heterocycles. The first kappa shape index (κ1) is 30.9. The highest BCUT2D eigenvalue weighted by molar-refractivity contribution is 7.90. The summed E-state index contributed by atoms with van der Waals surface area (Å²) in [6.45, 7) is 10.7. The average Bonchev–Trinajstić information content (AvgIpc) is 3.79. The molecule has 0 N–H and O–H groups in total. The minimum absolute atomic E-state index is 0.0666. The van der Waals surface area contributed by atoms with Crippen LogP contribution in [0.4, 0.5) is 16.0 Å². The number of rotatable bonds is 6. The third-order valence-corrected chi connectivity index (χ3v) is 11.5. The average molecular weight is 671 g/mol. The van der Waals surface area contributed by atoms with Crippen molar-refractivity contribution in [3.05, 3.63) is 76.0 Å². The lowest BCUT2D eigenvalue weighted by molar-refractivity contribution is 0.0984. The van der Waals surface area contributed by atoms with E-state index in [1.165, 1.54) is 0 Å². The summed E-state index contributed by atoms with van der Waals surface area (Å²) in [6.07, 6.45) is 2.55. The minimum atomic E-state index is -3.96. The van der Waals surface area contributed by atoms with E-state index in [1.807, 2.05) is 33.9 Å². The normalized spacial score (nSPS) is 18.5. The van der Waals surface area contributed by atoms with Gasteiger partial charge in [0.15, 0.2) is 17.5 Å². The minimum Gasteiger partial charge on any atom is -0.377 e. The zero-order chi connectivity index (χ0) is 33.5. The fraction of sp³-hybridized carbons (Fsp3) is 0.429. The quantitative estimate of drug-likeness (QED) is 0.241. The van der Waals surface area contributed by atoms with Crippen molar-refractivity contribution in [2.24, 2.45) is 7.05 Å². The first-order valence-corrected chi connectivity index (χ1v) is 18.0. The van der Waals surface area contributed by atoms with Gasteiger partial charge in [-0.1, -0.05) is 23.8 Å². The maximum atomic E-state index is 15.8. The molecule has 2 aromatic carbocycles. The number of aryl methyl sites for hydroxylation is 4. The van der Waals surface area contributed by atoms with Crippen LogP contribution in [0.2, 0.25) is 0 Å². The number of aromatic nitrogens is 6. The molecule has 0 bridgehead atoms. The molecule has 8 rings (SSSR count). The number of fused-ring (bicyclic) bond motifs is 2. The molecular formula is C35H39FN8O3S. The molecule has 3 aliphatic rings. The summed E-state index contributed by atoms with van der Waals surface area (Å²) >= 11 is 0. The van der Waals surface area contributed by atoms with E-state index in [4.69, 9.17) is 14.7 Å². The first-order valence-electron chi connectivity index (χ1n) is 16.6. The van der Waals surface area contributed by atoms with Crippen LogP contribution in [0.3, 0.4) is 0 Å². The van der Waals surface area contributed by atoms with Crippen LogP contribution in [0.15, 0.2) is 41.3 Å². The Morgan fingerprint density at radius 3 is 2.48 bits per heavy atom. The van der Waals surface area contributed by atoms with Gasteiger partial charge in [0.2, 0.25) is 0 Å². The Labute approximate surface area is 279 Å². The van der Waals surface area contributed by atoms with Crippen LogP contribution in [-0.4, -0.2) is 69.7 Å². The molecule has 3 aromatic heterocycles. The Morgan fingerprint density at radius 2 is 1.75 bits per heavy atom. The van der Waals surface area contributed by atoms with Gasteiger partial charge in [0.25, 0.3) is 10.0 Å². The van der Waals surface area contributed by atoms with Crippen LogP contribution in [-0.2, 0) is 34.8 Å². The van der Waals surface area contributed by atoms with Crippen molar-refractivity contribution in [1.29, 1.82) is 0 Å². The van der Waals surface area contributed by atoms with Gasteiger partial charge in [-0.2, -0.15) is 22.7 Å². The monoisotopic (exact) mass is 670 g/mol. The molecule has 13 heteroatoms. The molecule has 0 amide bonds. The summed E-state index contributed by atoms with van der Waals surface area (Å²) in [7, 11) is -2.15. The third kappa shape index (κ3) is 4.97. The van der Waals surface area contributed by atoms with Crippen LogP contribution < -0.4 is 9.80 Å². The standard InChI is InChI=1S/C35H39FN8O3S/c1-20-6-11-25(12-7-20)48(45,46)44-28-13-8-21(2)29(30(28)23(4)39-44)33-37-27-14-15-42(35-31(36)32(24-9-10-24)40-41(35)5)18-26(27)34(38-33)43-16-17-47-19-22(43)3/h6-8,11-13,22,24H,9-10,14-19H2,1-5H3/t22-/m1/s1. The molecule has 1 aliphatic carbocycles. The molecule has 48 heavy (non-hydrogen) atoms. The zero-order valence-electron chi connectivity index (χ0n) is 27.9. The lowest BCUT2D eigenvalue weighted by Gasteiger charge is -2.38. The number of anilines is 2. The first-order chi connectivity index (χ1) is 23.0. The molecule has 5 aromatic rings. The van der Waals surface area contributed by atoms with E-state index >= 15 is 4.39 Å². The lowest BCUT2D eigenvalue weighted by Crippen LogP contribution is -2.45. The highest BCUT2D eigenvalue weighted by Gasteiger charge is 2.36. The summed E-state index contributed by atoms with van der Waals surface area (Å²) in [4.78, 5) is 14.9. The number of morpholine rings is 1. The van der Waals surface area contributed by atoms with Crippen molar-refractivity contribution in [1.82, 2.24) is 28.9 Å². The van der Waals surface area contributed by atoms with E-state index in [0.29, 0.717) is 73.2 Å². The summed E-state index contributed by atoms with van der Waals surface area (Å²) in [5, 5.41) is 9.84. The molecule has 0 unspecified atom stereocenters. The van der Waals surface area contributed by atoms with Crippen molar-refractivity contribution in [3.8, 4) is 11.4 Å². The highest BCUT2D eigenvalue weighted by atomic mass is 32.2. The summed E-state index contributed by atoms with van der Waals surface area (Å²) in [5.74, 6) is 1.82. The Kier molecular flexibility index (Phi) is 7.33. The van der Waals surface area contributed by atoms with Crippen LogP contribution in [0, 0.1) is 26.6 Å². The fourth-order valence-electron chi connectivity index (χ4n) is 7.18. The molecule has 0 spiro atoms. The smallest absolute Gasteiger partial charge is 0.283 e. The van der Waals surface area contributed by atoms with E-state index in [0.717, 1.165) is 50.7 Å². The maximum absolute atomic E-state index is 15.8. The third-order valence-electron chi connectivity index (χ3n) is 9.90. The zero-order valence-corrected chi connectivity index (χ0v) is 28.7. The van der Waals surface area contributed by atoms with Gasteiger partial charge in [-0.15, -0.1) is 0 Å². The second-order valence-electron chi connectivity index (χ2n) is 13.4. The van der Waals surface area contributed by atoms with Crippen LogP contribution in [0.1, 0.15) is 59.5 Å². The van der Waals surface area contributed by atoms with Gasteiger partial charge in [-0.3, -0.25) is 0 Å². The SMILES string of the molecule is Cc1ccc(S(=O)(=O)n2nc(C)c3c(-c4nc5c(c(N6CCOC[C@H]6C)n4)CN(c4c(F)c(C6CC6)nn4C)CC5)c(C)ccc32)cc1. The van der Waals surface area contributed by atoms with Crippen LogP contribution in [0.5, 0.6) is 0 Å². The summed E-state index contributed by atoms with van der Waals surface area (Å²) < 4.78 is 52.0. The number of nitrogens with zero attached hydrogens (tertiary/aromatic N) is 8. The number of hydrogen-bond acceptors (Lipinski definition) is 9. The molecule has 1 saturated heterocycles. The van der Waals surface area contributed by atoms with Crippen molar-refractivity contribution < 1.29 is 17.5 Å². The second-order valence-corrected chi connectivity index (χ2v) is 15.2. The Bertz CT molecular complexity index is 2190. The molecule has 1 atom stereocenters. The van der Waals surface area contributed by atoms with E-state index in [9.17, 15) is 8.42 Å². The lowest BCUT2D eigenvalue weighted by atomic mass is 9.99. The number of ether oxygens (including phenoxy) is 1. The predicted molar refractivity (Wildman–Crippen MR) is 182 cm³/mol. The van der Waals surface area contributed by atoms with E-state index < -0.39 is 10.0 Å². The number of halogens is 1. The summed E-state index contributed by atoms with van der Waals surface area (Å²) in [5.41, 5.74) is 6.13. The number of benzene rings is 2. The molecular weight excluding hydrogens is 632 g/mol. The van der Waals surface area contributed by atoms with Gasteiger partial charge < -0.3 is 14.5 Å². The predicted octanol–water partition coefficient (Wildman–Crippen LogP) is 5.19. The maximum Gasteiger partial charge on any atom is 0.283 e. The molecule has 250 valence electrons. The summed E-state index contributed by atoms with van der Waals surface area (Å²) in [6, 6.07) is 10.6. The van der Waals surface area contributed by atoms with Gasteiger partial charge in [-0.25, -0.2) is 19.0 Å². The molecule has 0 radical (unpaired) electrons. The van der Waals surface area contributed by atoms with Gasteiger partial charge >= 0.3 is 0 Å². The van der Waals surface area contributed by atoms with Crippen LogP contribution in [0.25, 0.3) is 22.3 Å². The van der Waals surface area contributed by atoms with E-state index in [-0.39, 0.29) is 22.7 Å². The van der Waals surface area contributed by atoms with Crippen molar-refractivity contribution in [2.45, 2.75) is 70.4 Å². The molecule has 2 aliphatic heterocycles. The van der Waals surface area contributed by atoms with Gasteiger partial charge in [0.1, 0.15) is 11.5 Å². The molecule has 2 fully saturated rings. The van der Waals surface area contributed by atoms with Crippen molar-refractivity contribution in [3.63, 3.8) is 0 Å². The number of hydrogen-bond donors (Lipinski definition) is 0. The Morgan fingerprint density at radius 1 is 0.979 bits per heavy atom. The Hall–Kier alpha value is -4.36. The van der Waals surface area contributed by atoms with E-state index in [1.54, 1.807) is 35.0 Å². The topological polar surface area (TPSA) is 111 Å². The van der Waals surface area contributed by atoms with Gasteiger partial charge in [-0.05, 0) is 64.3 Å². The van der Waals surface area contributed by atoms with E-state index in [2.05, 4.69) is 26.9 Å². The molecule has 11 nitrogen and oxygen atoms in total. The van der Waals surface area contributed by atoms with Crippen molar-refractivity contribution in [2.75, 3.05) is 36.1 Å². The molecule has 1 saturated carbocycles. The van der Waals surface area contributed by atoms with Crippen molar-refractivity contribution >= 4 is 32.6 Å². The Balaban J connectivity index is 1.27. The van der Waals surface area contributed by atoms with Gasteiger partial charge in [0, 0.05) is 55.5 Å². The van der Waals surface area contributed by atoms with Crippen LogP contribution >= 0.6 is 0 Å². The highest BCUT2D eigenvalue weighted by Crippen LogP contribution is 2.43. The second kappa shape index (κ2) is 11.4.